The summed E-state index contributed by atoms with van der Waals surface area (Å²) in [6.45, 7) is 4.13. The van der Waals surface area contributed by atoms with Crippen molar-refractivity contribution in [3.63, 3.8) is 0 Å². The van der Waals surface area contributed by atoms with Crippen molar-refractivity contribution < 1.29 is 43.2 Å². The molecule has 1 N–H and O–H groups in total. The maximum Gasteiger partial charge on any atom is 0.330 e. The molecule has 9 nitrogen and oxygen atoms in total. The average Bonchev–Trinajstić information content (AvgIpc) is 2.86. The molecule has 35 heavy (non-hydrogen) atoms. The average molecular weight is 491 g/mol. The molecule has 0 heterocycles. The van der Waals surface area contributed by atoms with Gasteiger partial charge in [-0.2, -0.15) is 0 Å². The Morgan fingerprint density at radius 3 is 2.06 bits per heavy atom. The normalized spacial score (nSPS) is 17.1. The van der Waals surface area contributed by atoms with E-state index in [0.29, 0.717) is 50.4 Å². The number of carbonyl (C=O) groups excluding carboxylic acids is 3. The molecule has 1 aliphatic carbocycles. The van der Waals surface area contributed by atoms with E-state index >= 15 is 0 Å². The first-order valence-corrected chi connectivity index (χ1v) is 12.0. The summed E-state index contributed by atoms with van der Waals surface area (Å²) in [4.78, 5) is 45.7. The third kappa shape index (κ3) is 11.1. The first kappa shape index (κ1) is 27.9. The predicted molar refractivity (Wildman–Crippen MR) is 126 cm³/mol. The summed E-state index contributed by atoms with van der Waals surface area (Å²) < 4.78 is 20.9. The van der Waals surface area contributed by atoms with Crippen molar-refractivity contribution in [1.29, 1.82) is 0 Å². The molecule has 1 aromatic rings. The zero-order valence-electron chi connectivity index (χ0n) is 19.9. The maximum absolute atomic E-state index is 12.3. The number of benzene rings is 1. The highest BCUT2D eigenvalue weighted by Crippen LogP contribution is 2.30. The Kier molecular flexibility index (Phi) is 12.4. The fourth-order valence-electron chi connectivity index (χ4n) is 3.68. The van der Waals surface area contributed by atoms with Gasteiger partial charge in [-0.15, -0.1) is 0 Å². The van der Waals surface area contributed by atoms with Gasteiger partial charge in [0.05, 0.1) is 31.5 Å². The van der Waals surface area contributed by atoms with Crippen LogP contribution < -0.4 is 9.47 Å². The number of unbranched alkanes of at least 4 members (excludes halogenated alkanes) is 3. The lowest BCUT2D eigenvalue weighted by atomic mass is 9.82. The number of esters is 3. The van der Waals surface area contributed by atoms with Crippen LogP contribution in [0.3, 0.4) is 0 Å². The van der Waals surface area contributed by atoms with Crippen LogP contribution >= 0.6 is 0 Å². The quantitative estimate of drug-likeness (QED) is 0.167. The van der Waals surface area contributed by atoms with Gasteiger partial charge in [0, 0.05) is 6.08 Å². The summed E-state index contributed by atoms with van der Waals surface area (Å²) in [6.07, 6.45) is 6.56. The van der Waals surface area contributed by atoms with E-state index in [1.165, 1.54) is 0 Å². The van der Waals surface area contributed by atoms with Gasteiger partial charge in [0.2, 0.25) is 0 Å². The molecular weight excluding hydrogens is 456 g/mol. The van der Waals surface area contributed by atoms with Crippen molar-refractivity contribution in [1.82, 2.24) is 0 Å². The smallest absolute Gasteiger partial charge is 0.330 e. The summed E-state index contributed by atoms with van der Waals surface area (Å²) in [7, 11) is 0. The minimum absolute atomic E-state index is 0.0140. The molecule has 1 fully saturated rings. The van der Waals surface area contributed by atoms with Gasteiger partial charge in [-0.3, -0.25) is 14.4 Å². The van der Waals surface area contributed by atoms with Crippen molar-refractivity contribution in [2.45, 2.75) is 57.8 Å². The van der Waals surface area contributed by atoms with Gasteiger partial charge in [-0.1, -0.05) is 6.58 Å². The second-order valence-electron chi connectivity index (χ2n) is 8.38. The first-order valence-electron chi connectivity index (χ1n) is 12.0. The molecule has 1 saturated carbocycles. The van der Waals surface area contributed by atoms with Gasteiger partial charge in [-0.25, -0.2) is 4.79 Å². The van der Waals surface area contributed by atoms with Crippen LogP contribution in [0.25, 0.3) is 0 Å². The second kappa shape index (κ2) is 15.5. The third-order valence-corrected chi connectivity index (χ3v) is 5.74. The van der Waals surface area contributed by atoms with Crippen LogP contribution in [0.5, 0.6) is 11.5 Å². The lowest BCUT2D eigenvalue weighted by Gasteiger charge is -2.24. The standard InChI is InChI=1S/C26H34O9/c1-2-23(27)34-18-15-24(28)33-17-6-4-3-5-16-32-21-11-13-22(14-12-21)35-26(31)20-9-7-19(8-10-20)25(29)30/h2,11-14,19-20H,1,3-10,15-18H2,(H,29,30). The van der Waals surface area contributed by atoms with Gasteiger partial charge < -0.3 is 24.1 Å². The first-order chi connectivity index (χ1) is 16.9. The number of carboxylic acids is 1. The minimum atomic E-state index is -0.796. The van der Waals surface area contributed by atoms with Crippen LogP contribution in [0.1, 0.15) is 57.8 Å². The molecule has 0 saturated heterocycles. The van der Waals surface area contributed by atoms with E-state index in [1.54, 1.807) is 24.3 Å². The molecule has 0 radical (unpaired) electrons. The highest BCUT2D eigenvalue weighted by Gasteiger charge is 2.30. The van der Waals surface area contributed by atoms with Crippen molar-refractivity contribution in [2.24, 2.45) is 11.8 Å². The molecule has 1 aromatic carbocycles. The molecule has 9 heteroatoms. The van der Waals surface area contributed by atoms with Crippen LogP contribution in [0, 0.1) is 11.8 Å². The van der Waals surface area contributed by atoms with Crippen LogP contribution in [0.2, 0.25) is 0 Å². The number of ether oxygens (including phenoxy) is 4. The molecule has 0 aromatic heterocycles. The molecule has 0 bridgehead atoms. The van der Waals surface area contributed by atoms with Crippen molar-refractivity contribution in [2.75, 3.05) is 19.8 Å². The Morgan fingerprint density at radius 1 is 0.829 bits per heavy atom. The van der Waals surface area contributed by atoms with Gasteiger partial charge >= 0.3 is 23.9 Å². The Labute approximate surface area is 205 Å². The molecule has 0 spiro atoms. The zero-order valence-corrected chi connectivity index (χ0v) is 19.9. The fraction of sp³-hybridized carbons (Fsp3) is 0.538. The number of rotatable bonds is 15. The monoisotopic (exact) mass is 490 g/mol. The van der Waals surface area contributed by atoms with Crippen molar-refractivity contribution in [3.05, 3.63) is 36.9 Å². The van der Waals surface area contributed by atoms with E-state index in [-0.39, 0.29) is 30.8 Å². The van der Waals surface area contributed by atoms with E-state index in [1.807, 2.05) is 0 Å². The molecule has 0 amide bonds. The summed E-state index contributed by atoms with van der Waals surface area (Å²) >= 11 is 0. The van der Waals surface area contributed by atoms with Gasteiger partial charge in [-0.05, 0) is 75.6 Å². The van der Waals surface area contributed by atoms with Crippen molar-refractivity contribution >= 4 is 23.9 Å². The Morgan fingerprint density at radius 2 is 1.43 bits per heavy atom. The van der Waals surface area contributed by atoms with Crippen LogP contribution in [0.4, 0.5) is 0 Å². The topological polar surface area (TPSA) is 125 Å². The van der Waals surface area contributed by atoms with E-state index in [9.17, 15) is 19.2 Å². The van der Waals surface area contributed by atoms with Crippen LogP contribution in [-0.4, -0.2) is 48.8 Å². The summed E-state index contributed by atoms with van der Waals surface area (Å²) in [5, 5.41) is 9.05. The second-order valence-corrected chi connectivity index (χ2v) is 8.38. The largest absolute Gasteiger partial charge is 0.494 e. The lowest BCUT2D eigenvalue weighted by Crippen LogP contribution is -2.28. The summed E-state index contributed by atoms with van der Waals surface area (Å²) in [5.41, 5.74) is 0. The minimum Gasteiger partial charge on any atom is -0.494 e. The van der Waals surface area contributed by atoms with Gasteiger partial charge in [0.1, 0.15) is 18.1 Å². The maximum atomic E-state index is 12.3. The molecule has 0 atom stereocenters. The van der Waals surface area contributed by atoms with Gasteiger partial charge in [0.25, 0.3) is 0 Å². The molecule has 1 aliphatic rings. The van der Waals surface area contributed by atoms with E-state index in [2.05, 4.69) is 6.58 Å². The number of aliphatic carboxylic acids is 1. The van der Waals surface area contributed by atoms with Crippen molar-refractivity contribution in [3.8, 4) is 11.5 Å². The van der Waals surface area contributed by atoms with E-state index in [0.717, 1.165) is 31.8 Å². The Hall–Kier alpha value is -3.36. The summed E-state index contributed by atoms with van der Waals surface area (Å²) in [5.74, 6) is -1.57. The van der Waals surface area contributed by atoms with Gasteiger partial charge in [0.15, 0.2) is 0 Å². The van der Waals surface area contributed by atoms with E-state index in [4.69, 9.17) is 24.1 Å². The molecule has 0 aliphatic heterocycles. The van der Waals surface area contributed by atoms with Crippen LogP contribution in [-0.2, 0) is 28.7 Å². The molecule has 192 valence electrons. The summed E-state index contributed by atoms with van der Waals surface area (Å²) in [6, 6.07) is 6.86. The van der Waals surface area contributed by atoms with Crippen LogP contribution in [0.15, 0.2) is 36.9 Å². The predicted octanol–water partition coefficient (Wildman–Crippen LogP) is 4.08. The SMILES string of the molecule is C=CC(=O)OCCC(=O)OCCCCCCOc1ccc(OC(=O)C2CCC(C(=O)O)CC2)cc1. The zero-order chi connectivity index (χ0) is 25.5. The number of hydrogen-bond acceptors (Lipinski definition) is 8. The Bertz CT molecular complexity index is 839. The number of carbonyl (C=O) groups is 4. The molecule has 2 rings (SSSR count). The molecular formula is C26H34O9. The highest BCUT2D eigenvalue weighted by molar-refractivity contribution is 5.81. The Balaban J connectivity index is 1.51. The molecule has 0 unspecified atom stereocenters. The fourth-order valence-corrected chi connectivity index (χ4v) is 3.68. The number of hydrogen-bond donors (Lipinski definition) is 1. The lowest BCUT2D eigenvalue weighted by molar-refractivity contribution is -0.147. The highest BCUT2D eigenvalue weighted by atomic mass is 16.5. The number of carboxylic acid groups (broad SMARTS) is 1. The van der Waals surface area contributed by atoms with E-state index < -0.39 is 17.9 Å². The third-order valence-electron chi connectivity index (χ3n) is 5.74.